The molecule has 1 saturated heterocycles. The van der Waals surface area contributed by atoms with Gasteiger partial charge in [-0.2, -0.15) is 0 Å². The predicted octanol–water partition coefficient (Wildman–Crippen LogP) is 2.96. The molecule has 1 heterocycles. The molecule has 2 amide bonds. The van der Waals surface area contributed by atoms with Crippen LogP contribution >= 0.6 is 0 Å². The molecule has 0 saturated carbocycles. The van der Waals surface area contributed by atoms with Crippen LogP contribution in [0.15, 0.2) is 48.5 Å². The maximum atomic E-state index is 13.0. The number of likely N-dealkylation sites (tertiary alicyclic amines) is 1. The van der Waals surface area contributed by atoms with Gasteiger partial charge in [-0.15, -0.1) is 0 Å². The Balaban J connectivity index is 1.39. The van der Waals surface area contributed by atoms with Gasteiger partial charge in [-0.25, -0.2) is 4.39 Å². The molecule has 2 N–H and O–H groups in total. The number of benzene rings is 2. The van der Waals surface area contributed by atoms with Crippen molar-refractivity contribution in [2.24, 2.45) is 0 Å². The second-order valence-corrected chi connectivity index (χ2v) is 7.20. The fourth-order valence-corrected chi connectivity index (χ4v) is 3.35. The number of amides is 2. The minimum absolute atomic E-state index is 0.0393. The molecule has 2 aromatic rings. The maximum absolute atomic E-state index is 13.0. The molecule has 9 heteroatoms. The molecule has 0 radical (unpaired) electrons. The van der Waals surface area contributed by atoms with Gasteiger partial charge in [0.15, 0.2) is 0 Å². The third-order valence-electron chi connectivity index (χ3n) is 5.03. The molecule has 0 unspecified atom stereocenters. The lowest BCUT2D eigenvalue weighted by molar-refractivity contribution is -0.384. The Morgan fingerprint density at radius 2 is 1.83 bits per heavy atom. The molecule has 2 aromatic carbocycles. The predicted molar refractivity (Wildman–Crippen MR) is 110 cm³/mol. The zero-order valence-electron chi connectivity index (χ0n) is 16.3. The summed E-state index contributed by atoms with van der Waals surface area (Å²) < 4.78 is 13.0. The Morgan fingerprint density at radius 1 is 1.13 bits per heavy atom. The highest BCUT2D eigenvalue weighted by Crippen LogP contribution is 2.17. The smallest absolute Gasteiger partial charge is 0.271 e. The number of nitro benzene ring substituents is 1. The second-order valence-electron chi connectivity index (χ2n) is 7.20. The molecular formula is C21H23FN4O4. The number of hydrogen-bond donors (Lipinski definition) is 2. The summed E-state index contributed by atoms with van der Waals surface area (Å²) in [5, 5.41) is 16.4. The average Bonchev–Trinajstić information content (AvgIpc) is 2.74. The van der Waals surface area contributed by atoms with Gasteiger partial charge in [-0.05, 0) is 43.2 Å². The van der Waals surface area contributed by atoms with Crippen LogP contribution in [0.1, 0.15) is 29.6 Å². The fourth-order valence-electron chi connectivity index (χ4n) is 3.35. The van der Waals surface area contributed by atoms with Crippen molar-refractivity contribution in [2.45, 2.75) is 25.3 Å². The number of nitrogens with zero attached hydrogens (tertiary/aromatic N) is 2. The average molecular weight is 414 g/mol. The Morgan fingerprint density at radius 3 is 2.50 bits per heavy atom. The van der Waals surface area contributed by atoms with Gasteiger partial charge in [0.1, 0.15) is 5.82 Å². The third kappa shape index (κ3) is 6.08. The van der Waals surface area contributed by atoms with E-state index in [-0.39, 0.29) is 35.8 Å². The van der Waals surface area contributed by atoms with Crippen molar-refractivity contribution >= 4 is 23.2 Å². The van der Waals surface area contributed by atoms with Gasteiger partial charge >= 0.3 is 0 Å². The number of piperidine rings is 1. The molecule has 0 aromatic heterocycles. The van der Waals surface area contributed by atoms with Gasteiger partial charge in [0.25, 0.3) is 11.6 Å². The summed E-state index contributed by atoms with van der Waals surface area (Å²) in [6.07, 6.45) is 1.80. The standard InChI is InChI=1S/C21H23FN4O4/c22-16-6-4-15(5-7-16)21(28)24-17-8-11-25(12-9-17)13-10-20(27)23-18-2-1-3-19(14-18)26(29)30/h1-7,14,17H,8-13H2,(H,23,27)(H,24,28). The van der Waals surface area contributed by atoms with Crippen LogP contribution in [0.25, 0.3) is 0 Å². The molecule has 3 rings (SSSR count). The van der Waals surface area contributed by atoms with Crippen molar-refractivity contribution < 1.29 is 18.9 Å². The molecule has 1 aliphatic heterocycles. The van der Waals surface area contributed by atoms with E-state index in [0.29, 0.717) is 17.8 Å². The van der Waals surface area contributed by atoms with Gasteiger partial charge in [-0.3, -0.25) is 19.7 Å². The summed E-state index contributed by atoms with van der Waals surface area (Å²) >= 11 is 0. The number of hydrogen-bond acceptors (Lipinski definition) is 5. The molecule has 0 bridgehead atoms. The Labute approximate surface area is 173 Å². The van der Waals surface area contributed by atoms with E-state index in [2.05, 4.69) is 15.5 Å². The van der Waals surface area contributed by atoms with E-state index in [1.165, 1.54) is 42.5 Å². The summed E-state index contributed by atoms with van der Waals surface area (Å²) in [6.45, 7) is 2.07. The van der Waals surface area contributed by atoms with Crippen molar-refractivity contribution in [3.63, 3.8) is 0 Å². The first-order valence-corrected chi connectivity index (χ1v) is 9.74. The lowest BCUT2D eigenvalue weighted by atomic mass is 10.0. The van der Waals surface area contributed by atoms with E-state index < -0.39 is 4.92 Å². The number of carbonyl (C=O) groups excluding carboxylic acids is 2. The number of rotatable bonds is 7. The van der Waals surface area contributed by atoms with E-state index in [1.54, 1.807) is 6.07 Å². The molecule has 8 nitrogen and oxygen atoms in total. The zero-order valence-corrected chi connectivity index (χ0v) is 16.3. The number of carbonyl (C=O) groups is 2. The molecule has 0 atom stereocenters. The summed E-state index contributed by atoms with van der Waals surface area (Å²) in [5.74, 6) is -0.804. The number of anilines is 1. The van der Waals surface area contributed by atoms with Crippen LogP contribution in [0.4, 0.5) is 15.8 Å². The third-order valence-corrected chi connectivity index (χ3v) is 5.03. The summed E-state index contributed by atoms with van der Waals surface area (Å²) in [6, 6.07) is 11.3. The Kier molecular flexibility index (Phi) is 7.08. The van der Waals surface area contributed by atoms with E-state index in [1.807, 2.05) is 0 Å². The first kappa shape index (κ1) is 21.4. The minimum atomic E-state index is -0.505. The lowest BCUT2D eigenvalue weighted by Gasteiger charge is -2.32. The SMILES string of the molecule is O=C(CCN1CCC(NC(=O)c2ccc(F)cc2)CC1)Nc1cccc([N+](=O)[O-])c1. The van der Waals surface area contributed by atoms with E-state index in [9.17, 15) is 24.1 Å². The normalized spacial score (nSPS) is 14.8. The molecular weight excluding hydrogens is 391 g/mol. The van der Waals surface area contributed by atoms with Gasteiger partial charge < -0.3 is 15.5 Å². The van der Waals surface area contributed by atoms with Crippen LogP contribution in [0.5, 0.6) is 0 Å². The highest BCUT2D eigenvalue weighted by atomic mass is 19.1. The minimum Gasteiger partial charge on any atom is -0.349 e. The van der Waals surface area contributed by atoms with E-state index in [4.69, 9.17) is 0 Å². The highest BCUT2D eigenvalue weighted by molar-refractivity contribution is 5.94. The van der Waals surface area contributed by atoms with E-state index >= 15 is 0 Å². The van der Waals surface area contributed by atoms with Crippen LogP contribution in [-0.4, -0.2) is 47.3 Å². The number of halogens is 1. The first-order valence-electron chi connectivity index (χ1n) is 9.74. The van der Waals surface area contributed by atoms with Gasteiger partial charge in [0.2, 0.25) is 5.91 Å². The molecule has 0 spiro atoms. The van der Waals surface area contributed by atoms with Gasteiger partial charge in [0.05, 0.1) is 4.92 Å². The molecule has 158 valence electrons. The zero-order chi connectivity index (χ0) is 21.5. The van der Waals surface area contributed by atoms with Crippen molar-refractivity contribution in [3.05, 3.63) is 70.0 Å². The Hall–Kier alpha value is -3.33. The largest absolute Gasteiger partial charge is 0.349 e. The molecule has 1 fully saturated rings. The molecule has 0 aliphatic carbocycles. The molecule has 30 heavy (non-hydrogen) atoms. The monoisotopic (exact) mass is 414 g/mol. The van der Waals surface area contributed by atoms with Crippen molar-refractivity contribution in [1.82, 2.24) is 10.2 Å². The van der Waals surface area contributed by atoms with Crippen LogP contribution in [0.2, 0.25) is 0 Å². The summed E-state index contributed by atoms with van der Waals surface area (Å²) in [5.41, 5.74) is 0.755. The summed E-state index contributed by atoms with van der Waals surface area (Å²) in [4.78, 5) is 36.8. The Bertz CT molecular complexity index is 911. The first-order chi connectivity index (χ1) is 14.4. The van der Waals surface area contributed by atoms with E-state index in [0.717, 1.165) is 25.9 Å². The quantitative estimate of drug-likeness (QED) is 0.535. The van der Waals surface area contributed by atoms with Crippen LogP contribution in [0, 0.1) is 15.9 Å². The second kappa shape index (κ2) is 9.93. The van der Waals surface area contributed by atoms with Gasteiger partial charge in [-0.1, -0.05) is 6.07 Å². The van der Waals surface area contributed by atoms with Crippen LogP contribution in [-0.2, 0) is 4.79 Å². The fraction of sp³-hybridized carbons (Fsp3) is 0.333. The number of non-ortho nitro benzene ring substituents is 1. The maximum Gasteiger partial charge on any atom is 0.271 e. The van der Waals surface area contributed by atoms with Crippen LogP contribution in [0.3, 0.4) is 0 Å². The highest BCUT2D eigenvalue weighted by Gasteiger charge is 2.21. The lowest BCUT2D eigenvalue weighted by Crippen LogP contribution is -2.45. The van der Waals surface area contributed by atoms with Crippen molar-refractivity contribution in [2.75, 3.05) is 25.0 Å². The topological polar surface area (TPSA) is 105 Å². The van der Waals surface area contributed by atoms with Crippen molar-refractivity contribution in [1.29, 1.82) is 0 Å². The van der Waals surface area contributed by atoms with Crippen LogP contribution < -0.4 is 10.6 Å². The molecule has 1 aliphatic rings. The number of nitro groups is 1. The van der Waals surface area contributed by atoms with Gasteiger partial charge in [0, 0.05) is 55.5 Å². The van der Waals surface area contributed by atoms with Crippen molar-refractivity contribution in [3.8, 4) is 0 Å². The number of nitrogens with one attached hydrogen (secondary N) is 2. The summed E-state index contributed by atoms with van der Waals surface area (Å²) in [7, 11) is 0.